The van der Waals surface area contributed by atoms with Crippen LogP contribution in [-0.2, 0) is 0 Å². The molecule has 0 aromatic heterocycles. The van der Waals surface area contributed by atoms with Crippen LogP contribution in [0, 0.1) is 0 Å². The van der Waals surface area contributed by atoms with E-state index in [-0.39, 0.29) is 6.67 Å². The van der Waals surface area contributed by atoms with Gasteiger partial charge in [0.1, 0.15) is 0 Å². The third kappa shape index (κ3) is 6.75. The molecule has 2 heteroatoms. The average molecular weight is 225 g/mol. The van der Waals surface area contributed by atoms with Crippen LogP contribution in [0.3, 0.4) is 0 Å². The summed E-state index contributed by atoms with van der Waals surface area (Å²) >= 11 is 1.86. The standard InChI is InChI=1S/C6H12F.Sb/c1-2-3-4-5-6-7;/h1-6H2;. The molecule has 0 amide bonds. The molecule has 0 spiro atoms. The van der Waals surface area contributed by atoms with Gasteiger partial charge in [-0.25, -0.2) is 0 Å². The van der Waals surface area contributed by atoms with Crippen molar-refractivity contribution in [3.8, 4) is 0 Å². The second-order valence-corrected chi connectivity index (χ2v) is 3.10. The van der Waals surface area contributed by atoms with Gasteiger partial charge in [-0.1, -0.05) is 0 Å². The van der Waals surface area contributed by atoms with E-state index in [0.717, 1.165) is 12.8 Å². The molecule has 0 aromatic carbocycles. The molecule has 0 saturated carbocycles. The van der Waals surface area contributed by atoms with Crippen LogP contribution in [0.1, 0.15) is 25.7 Å². The van der Waals surface area contributed by atoms with Crippen molar-refractivity contribution in [1.29, 1.82) is 0 Å². The number of unbranched alkanes of at least 4 members (excludes halogenated alkanes) is 3. The molecule has 0 heterocycles. The quantitative estimate of drug-likeness (QED) is 0.496. The molecule has 0 nitrogen and oxygen atoms in total. The second-order valence-electron chi connectivity index (χ2n) is 1.83. The fraction of sp³-hybridized carbons (Fsp3) is 1.00. The summed E-state index contributed by atoms with van der Waals surface area (Å²) in [5, 5.41) is 0. The maximum atomic E-state index is 11.4. The van der Waals surface area contributed by atoms with Crippen molar-refractivity contribution < 1.29 is 4.39 Å². The maximum absolute atomic E-state index is 11.4. The minimum absolute atomic E-state index is 0.131. The molecule has 0 saturated heterocycles. The topological polar surface area (TPSA) is 0 Å². The number of rotatable bonds is 5. The van der Waals surface area contributed by atoms with E-state index in [1.807, 2.05) is 23.0 Å². The van der Waals surface area contributed by atoms with Gasteiger partial charge in [-0.05, 0) is 0 Å². The van der Waals surface area contributed by atoms with Gasteiger partial charge in [0, 0.05) is 0 Å². The van der Waals surface area contributed by atoms with Gasteiger partial charge in [0.15, 0.2) is 0 Å². The summed E-state index contributed by atoms with van der Waals surface area (Å²) in [4.78, 5) is 0. The molecule has 48 valence electrons. The summed E-state index contributed by atoms with van der Waals surface area (Å²) in [5.41, 5.74) is 0. The van der Waals surface area contributed by atoms with Gasteiger partial charge >= 0.3 is 64.1 Å². The first-order valence-corrected chi connectivity index (χ1v) is 4.89. The molecule has 0 rings (SSSR count). The van der Waals surface area contributed by atoms with E-state index in [9.17, 15) is 4.39 Å². The van der Waals surface area contributed by atoms with Crippen molar-refractivity contribution in [2.75, 3.05) is 6.67 Å². The fourth-order valence-electron chi connectivity index (χ4n) is 0.560. The number of hydrogen-bond acceptors (Lipinski definition) is 0. The number of alkyl halides is 1. The molecule has 0 unspecified atom stereocenters. The molecule has 0 N–H and O–H groups in total. The van der Waals surface area contributed by atoms with E-state index in [2.05, 4.69) is 0 Å². The van der Waals surface area contributed by atoms with Crippen LogP contribution < -0.4 is 0 Å². The van der Waals surface area contributed by atoms with Crippen LogP contribution in [-0.4, -0.2) is 29.7 Å². The predicted octanol–water partition coefficient (Wildman–Crippen LogP) is 2.10. The molecule has 0 aliphatic rings. The molecule has 8 heavy (non-hydrogen) atoms. The zero-order valence-corrected chi connectivity index (χ0v) is 7.62. The summed E-state index contributed by atoms with van der Waals surface area (Å²) in [6.45, 7) is -0.131. The van der Waals surface area contributed by atoms with Crippen molar-refractivity contribution in [2.45, 2.75) is 30.1 Å². The Kier molecular flexibility index (Phi) is 8.47. The van der Waals surface area contributed by atoms with Crippen LogP contribution >= 0.6 is 0 Å². The SMILES string of the molecule is FCCCCC[CH2][Sb]. The first-order valence-electron chi connectivity index (χ1n) is 3.08. The van der Waals surface area contributed by atoms with Gasteiger partial charge < -0.3 is 0 Å². The van der Waals surface area contributed by atoms with Crippen LogP contribution in [0.25, 0.3) is 0 Å². The first-order chi connectivity index (χ1) is 3.91. The third-order valence-corrected chi connectivity index (χ3v) is 1.94. The van der Waals surface area contributed by atoms with Crippen molar-refractivity contribution in [2.24, 2.45) is 0 Å². The Balaban J connectivity index is 2.53. The molecule has 0 bridgehead atoms. The van der Waals surface area contributed by atoms with Crippen molar-refractivity contribution in [1.82, 2.24) is 0 Å². The summed E-state index contributed by atoms with van der Waals surface area (Å²) < 4.78 is 12.7. The molecule has 0 aliphatic heterocycles. The van der Waals surface area contributed by atoms with Crippen molar-refractivity contribution in [3.63, 3.8) is 0 Å². The van der Waals surface area contributed by atoms with Gasteiger partial charge in [0.25, 0.3) is 0 Å². The molecular weight excluding hydrogens is 213 g/mol. The predicted molar refractivity (Wildman–Crippen MR) is 35.0 cm³/mol. The van der Waals surface area contributed by atoms with Gasteiger partial charge in [-0.3, -0.25) is 0 Å². The van der Waals surface area contributed by atoms with E-state index >= 15 is 0 Å². The Hall–Kier alpha value is 0.748. The zero-order valence-electron chi connectivity index (χ0n) is 5.07. The Morgan fingerprint density at radius 3 is 2.12 bits per heavy atom. The van der Waals surface area contributed by atoms with Crippen molar-refractivity contribution in [3.05, 3.63) is 0 Å². The molecular formula is C6H12FSb. The van der Waals surface area contributed by atoms with E-state index in [4.69, 9.17) is 0 Å². The Morgan fingerprint density at radius 1 is 1.00 bits per heavy atom. The molecule has 0 aromatic rings. The monoisotopic (exact) mass is 224 g/mol. The molecule has 0 fully saturated rings. The van der Waals surface area contributed by atoms with Gasteiger partial charge in [-0.15, -0.1) is 0 Å². The Morgan fingerprint density at radius 2 is 1.62 bits per heavy atom. The van der Waals surface area contributed by atoms with E-state index in [0.29, 0.717) is 0 Å². The molecule has 0 aliphatic carbocycles. The van der Waals surface area contributed by atoms with Crippen molar-refractivity contribution >= 4 is 23.0 Å². The Labute approximate surface area is 64.3 Å². The summed E-state index contributed by atoms with van der Waals surface area (Å²) in [7, 11) is 0. The normalized spacial score (nSPS) is 9.75. The second kappa shape index (κ2) is 7.75. The average Bonchev–Trinajstić information content (AvgIpc) is 1.81. The minimum atomic E-state index is -0.131. The summed E-state index contributed by atoms with van der Waals surface area (Å²) in [6, 6.07) is 0. The van der Waals surface area contributed by atoms with E-state index in [1.165, 1.54) is 17.2 Å². The van der Waals surface area contributed by atoms with Gasteiger partial charge in [-0.2, -0.15) is 0 Å². The Bertz CT molecular complexity index is 33.5. The summed E-state index contributed by atoms with van der Waals surface area (Å²) in [5.74, 6) is 0. The zero-order chi connectivity index (χ0) is 6.24. The summed E-state index contributed by atoms with van der Waals surface area (Å²) in [6.07, 6.45) is 4.36. The molecule has 0 atom stereocenters. The third-order valence-electron chi connectivity index (χ3n) is 1.04. The number of halogens is 1. The van der Waals surface area contributed by atoms with E-state index < -0.39 is 0 Å². The van der Waals surface area contributed by atoms with Gasteiger partial charge in [0.2, 0.25) is 0 Å². The molecule has 2 radical (unpaired) electrons. The van der Waals surface area contributed by atoms with Crippen LogP contribution in [0.15, 0.2) is 0 Å². The van der Waals surface area contributed by atoms with E-state index in [1.54, 1.807) is 0 Å². The van der Waals surface area contributed by atoms with Crippen LogP contribution in [0.4, 0.5) is 4.39 Å². The van der Waals surface area contributed by atoms with Crippen LogP contribution in [0.2, 0.25) is 4.37 Å². The fourth-order valence-corrected chi connectivity index (χ4v) is 1.20. The van der Waals surface area contributed by atoms with Crippen LogP contribution in [0.5, 0.6) is 0 Å². The van der Waals surface area contributed by atoms with Gasteiger partial charge in [0.05, 0.1) is 0 Å². The first kappa shape index (κ1) is 8.75. The number of hydrogen-bond donors (Lipinski definition) is 0.